The number of hydrogen-bond donors (Lipinski definition) is 2. The summed E-state index contributed by atoms with van der Waals surface area (Å²) in [7, 11) is 3.12. The fourth-order valence-electron chi connectivity index (χ4n) is 3.64. The van der Waals surface area contributed by atoms with E-state index in [2.05, 4.69) is 10.6 Å². The maximum Gasteiger partial charge on any atom is 0.322 e. The number of methoxy groups -OCH3 is 2. The molecule has 7 nitrogen and oxygen atoms in total. The molecule has 0 bridgehead atoms. The first-order valence-electron chi connectivity index (χ1n) is 10.2. The number of carbonyl (C=O) groups is 2. The largest absolute Gasteiger partial charge is 0.493 e. The topological polar surface area (TPSA) is 79.9 Å². The van der Waals surface area contributed by atoms with Crippen molar-refractivity contribution in [2.45, 2.75) is 26.3 Å². The summed E-state index contributed by atoms with van der Waals surface area (Å²) in [6.07, 6.45) is 0.592. The first-order chi connectivity index (χ1) is 14.8. The Labute approximate surface area is 181 Å². The Kier molecular flexibility index (Phi) is 6.99. The van der Waals surface area contributed by atoms with Gasteiger partial charge in [0, 0.05) is 19.0 Å². The van der Waals surface area contributed by atoms with Gasteiger partial charge in [-0.25, -0.2) is 9.18 Å². The molecule has 2 N–H and O–H groups in total. The molecule has 0 fully saturated rings. The molecule has 1 aliphatic rings. The Morgan fingerprint density at radius 1 is 1.16 bits per heavy atom. The third kappa shape index (κ3) is 4.90. The van der Waals surface area contributed by atoms with Crippen LogP contribution in [0.5, 0.6) is 11.5 Å². The monoisotopic (exact) mass is 429 g/mol. The average Bonchev–Trinajstić information content (AvgIpc) is 2.77. The van der Waals surface area contributed by atoms with Gasteiger partial charge in [-0.05, 0) is 41.8 Å². The van der Waals surface area contributed by atoms with Crippen LogP contribution in [0.1, 0.15) is 31.0 Å². The fraction of sp³-hybridized carbons (Fsp3) is 0.391. The summed E-state index contributed by atoms with van der Waals surface area (Å²) in [5.74, 6) is 0.341. The Morgan fingerprint density at radius 3 is 2.48 bits per heavy atom. The summed E-state index contributed by atoms with van der Waals surface area (Å²) in [5.41, 5.74) is 1.98. The molecule has 3 rings (SSSR count). The van der Waals surface area contributed by atoms with E-state index in [1.165, 1.54) is 12.1 Å². The number of amides is 3. The molecule has 0 saturated heterocycles. The van der Waals surface area contributed by atoms with E-state index < -0.39 is 17.9 Å². The smallest absolute Gasteiger partial charge is 0.322 e. The molecule has 166 valence electrons. The van der Waals surface area contributed by atoms with Gasteiger partial charge in [-0.2, -0.15) is 0 Å². The highest BCUT2D eigenvalue weighted by Gasteiger charge is 2.33. The second-order valence-corrected chi connectivity index (χ2v) is 7.68. The van der Waals surface area contributed by atoms with Crippen molar-refractivity contribution < 1.29 is 23.5 Å². The Hall–Kier alpha value is -3.29. The molecule has 0 saturated carbocycles. The summed E-state index contributed by atoms with van der Waals surface area (Å²) in [5, 5.41) is 5.56. The highest BCUT2D eigenvalue weighted by Crippen LogP contribution is 2.38. The summed E-state index contributed by atoms with van der Waals surface area (Å²) >= 11 is 0. The first-order valence-corrected chi connectivity index (χ1v) is 10.2. The second-order valence-electron chi connectivity index (χ2n) is 7.68. The summed E-state index contributed by atoms with van der Waals surface area (Å²) in [6.45, 7) is 4.25. The van der Waals surface area contributed by atoms with E-state index in [0.717, 1.165) is 11.1 Å². The number of carbonyl (C=O) groups excluding carboxylic acids is 2. The van der Waals surface area contributed by atoms with E-state index in [0.29, 0.717) is 24.5 Å². The van der Waals surface area contributed by atoms with E-state index in [9.17, 15) is 14.0 Å². The van der Waals surface area contributed by atoms with E-state index in [1.54, 1.807) is 45.1 Å². The Balaban J connectivity index is 1.93. The molecule has 31 heavy (non-hydrogen) atoms. The van der Waals surface area contributed by atoms with Gasteiger partial charge in [0.25, 0.3) is 0 Å². The van der Waals surface area contributed by atoms with Crippen molar-refractivity contribution in [2.24, 2.45) is 5.92 Å². The van der Waals surface area contributed by atoms with Gasteiger partial charge in [0.1, 0.15) is 5.82 Å². The maximum absolute atomic E-state index is 14.1. The molecule has 2 aromatic carbocycles. The van der Waals surface area contributed by atoms with Crippen LogP contribution in [-0.2, 0) is 11.2 Å². The lowest BCUT2D eigenvalue weighted by Gasteiger charge is -2.38. The Bertz CT molecular complexity index is 964. The number of ether oxygens (including phenoxy) is 2. The molecule has 0 unspecified atom stereocenters. The first kappa shape index (κ1) is 22.4. The number of rotatable bonds is 6. The van der Waals surface area contributed by atoms with Crippen molar-refractivity contribution in [2.75, 3.05) is 32.6 Å². The second kappa shape index (κ2) is 9.68. The summed E-state index contributed by atoms with van der Waals surface area (Å²) in [4.78, 5) is 26.9. The lowest BCUT2D eigenvalue weighted by Crippen LogP contribution is -2.47. The molecule has 3 amide bonds. The van der Waals surface area contributed by atoms with Crippen LogP contribution in [0.2, 0.25) is 0 Å². The van der Waals surface area contributed by atoms with Gasteiger partial charge in [0.05, 0.1) is 25.9 Å². The van der Waals surface area contributed by atoms with Crippen molar-refractivity contribution in [3.05, 3.63) is 53.3 Å². The standard InChI is InChI=1S/C23H28FN3O4/c1-14(2)22(28)25-13-19-16-12-21(31-4)20(30-3)11-15(16)9-10-27(19)23(29)26-18-8-6-5-7-17(18)24/h5-8,11-12,14,19H,9-10,13H2,1-4H3,(H,25,28)(H,26,29)/t19-/m0/s1. The molecule has 0 spiro atoms. The van der Waals surface area contributed by atoms with E-state index in [4.69, 9.17) is 9.47 Å². The zero-order valence-corrected chi connectivity index (χ0v) is 18.2. The molecule has 0 radical (unpaired) electrons. The number of hydrogen-bond acceptors (Lipinski definition) is 4. The fourth-order valence-corrected chi connectivity index (χ4v) is 3.64. The van der Waals surface area contributed by atoms with Gasteiger partial charge in [-0.15, -0.1) is 0 Å². The number of para-hydroxylation sites is 1. The van der Waals surface area contributed by atoms with Crippen LogP contribution in [0.4, 0.5) is 14.9 Å². The Morgan fingerprint density at radius 2 is 1.84 bits per heavy atom. The lowest BCUT2D eigenvalue weighted by molar-refractivity contribution is -0.124. The van der Waals surface area contributed by atoms with E-state index in [1.807, 2.05) is 12.1 Å². The van der Waals surface area contributed by atoms with Crippen LogP contribution in [0.25, 0.3) is 0 Å². The summed E-state index contributed by atoms with van der Waals surface area (Å²) < 4.78 is 24.9. The third-order valence-corrected chi connectivity index (χ3v) is 5.37. The number of anilines is 1. The van der Waals surface area contributed by atoms with Crippen LogP contribution in [0.15, 0.2) is 36.4 Å². The molecule has 0 aromatic heterocycles. The number of halogens is 1. The normalized spacial score (nSPS) is 15.3. The molecule has 1 atom stereocenters. The minimum absolute atomic E-state index is 0.107. The van der Waals surface area contributed by atoms with Crippen molar-refractivity contribution in [1.82, 2.24) is 10.2 Å². The van der Waals surface area contributed by atoms with Gasteiger partial charge in [-0.1, -0.05) is 26.0 Å². The van der Waals surface area contributed by atoms with Crippen LogP contribution in [-0.4, -0.2) is 44.1 Å². The van der Waals surface area contributed by atoms with Crippen molar-refractivity contribution in [3.63, 3.8) is 0 Å². The van der Waals surface area contributed by atoms with E-state index in [-0.39, 0.29) is 24.1 Å². The van der Waals surface area contributed by atoms with Crippen molar-refractivity contribution in [1.29, 1.82) is 0 Å². The molecule has 1 heterocycles. The predicted molar refractivity (Wildman–Crippen MR) is 116 cm³/mol. The van der Waals surface area contributed by atoms with Gasteiger partial charge in [-0.3, -0.25) is 4.79 Å². The molecular formula is C23H28FN3O4. The highest BCUT2D eigenvalue weighted by molar-refractivity contribution is 5.90. The number of nitrogens with zero attached hydrogens (tertiary/aromatic N) is 1. The number of fused-ring (bicyclic) bond motifs is 1. The van der Waals surface area contributed by atoms with Crippen molar-refractivity contribution >= 4 is 17.6 Å². The van der Waals surface area contributed by atoms with Crippen LogP contribution in [0.3, 0.4) is 0 Å². The van der Waals surface area contributed by atoms with Crippen LogP contribution < -0.4 is 20.1 Å². The maximum atomic E-state index is 14.1. The zero-order valence-electron chi connectivity index (χ0n) is 18.2. The van der Waals surface area contributed by atoms with Crippen LogP contribution in [0, 0.1) is 11.7 Å². The van der Waals surface area contributed by atoms with Crippen molar-refractivity contribution in [3.8, 4) is 11.5 Å². The lowest BCUT2D eigenvalue weighted by atomic mass is 9.91. The van der Waals surface area contributed by atoms with Gasteiger partial charge in [0.15, 0.2) is 11.5 Å². The molecule has 2 aromatic rings. The SMILES string of the molecule is COc1cc2c(cc1OC)[C@H](CNC(=O)C(C)C)N(C(=O)Nc1ccccc1F)CC2. The molecule has 8 heteroatoms. The molecule has 0 aliphatic carbocycles. The van der Waals surface area contributed by atoms with Gasteiger partial charge in [0.2, 0.25) is 5.91 Å². The molecule has 1 aliphatic heterocycles. The minimum Gasteiger partial charge on any atom is -0.493 e. The minimum atomic E-state index is -0.510. The number of urea groups is 1. The quantitative estimate of drug-likeness (QED) is 0.733. The third-order valence-electron chi connectivity index (χ3n) is 5.37. The van der Waals surface area contributed by atoms with Gasteiger partial charge < -0.3 is 25.0 Å². The average molecular weight is 429 g/mol. The number of benzene rings is 2. The van der Waals surface area contributed by atoms with Crippen LogP contribution >= 0.6 is 0 Å². The molecular weight excluding hydrogens is 401 g/mol. The number of nitrogens with one attached hydrogen (secondary N) is 2. The van der Waals surface area contributed by atoms with Gasteiger partial charge >= 0.3 is 6.03 Å². The summed E-state index contributed by atoms with van der Waals surface area (Å²) in [6, 6.07) is 8.87. The van der Waals surface area contributed by atoms with E-state index >= 15 is 0 Å². The predicted octanol–water partition coefficient (Wildman–Crippen LogP) is 3.75. The highest BCUT2D eigenvalue weighted by atomic mass is 19.1. The zero-order chi connectivity index (χ0) is 22.5.